The van der Waals surface area contributed by atoms with Crippen molar-refractivity contribution in [3.8, 4) is 22.9 Å². The molecule has 1 aliphatic rings. The van der Waals surface area contributed by atoms with E-state index in [1.54, 1.807) is 36.7 Å². The van der Waals surface area contributed by atoms with Crippen LogP contribution in [0, 0.1) is 0 Å². The summed E-state index contributed by atoms with van der Waals surface area (Å²) in [5.74, 6) is 1.81. The molecule has 5 nitrogen and oxygen atoms in total. The van der Waals surface area contributed by atoms with Gasteiger partial charge in [-0.1, -0.05) is 30.3 Å². The van der Waals surface area contributed by atoms with E-state index in [0.29, 0.717) is 36.1 Å². The third-order valence-corrected chi connectivity index (χ3v) is 3.96. The van der Waals surface area contributed by atoms with Crippen molar-refractivity contribution in [3.05, 3.63) is 78.1 Å². The van der Waals surface area contributed by atoms with E-state index < -0.39 is 0 Å². The van der Waals surface area contributed by atoms with Gasteiger partial charge in [0.05, 0.1) is 0 Å². The largest absolute Gasteiger partial charge is 0.486 e. The van der Waals surface area contributed by atoms with Gasteiger partial charge in [0, 0.05) is 29.1 Å². The Balaban J connectivity index is 1.48. The molecule has 0 saturated carbocycles. The molecule has 0 bridgehead atoms. The Hall–Kier alpha value is -3.47. The van der Waals surface area contributed by atoms with E-state index in [9.17, 15) is 4.79 Å². The number of allylic oxidation sites excluding steroid dienone is 1. The third kappa shape index (κ3) is 3.47. The second kappa shape index (κ2) is 7.19. The maximum Gasteiger partial charge on any atom is 0.185 e. The second-order valence-electron chi connectivity index (χ2n) is 5.76. The third-order valence-electron chi connectivity index (χ3n) is 3.96. The van der Waals surface area contributed by atoms with Gasteiger partial charge >= 0.3 is 0 Å². The molecular weight excluding hydrogens is 328 g/mol. The first-order chi connectivity index (χ1) is 12.8. The Morgan fingerprint density at radius 1 is 0.923 bits per heavy atom. The van der Waals surface area contributed by atoms with Gasteiger partial charge in [0.15, 0.2) is 23.1 Å². The van der Waals surface area contributed by atoms with Gasteiger partial charge < -0.3 is 9.47 Å². The summed E-state index contributed by atoms with van der Waals surface area (Å²) in [5, 5.41) is 0. The summed E-state index contributed by atoms with van der Waals surface area (Å²) in [6.07, 6.45) is 6.60. The molecule has 0 amide bonds. The molecule has 2 aromatic carbocycles. The summed E-state index contributed by atoms with van der Waals surface area (Å²) in [7, 11) is 0. The average molecular weight is 344 g/mol. The van der Waals surface area contributed by atoms with Crippen LogP contribution in [0.3, 0.4) is 0 Å². The number of nitrogens with zero attached hydrogens (tertiary/aromatic N) is 2. The Morgan fingerprint density at radius 2 is 1.65 bits per heavy atom. The van der Waals surface area contributed by atoms with Crippen molar-refractivity contribution >= 4 is 11.9 Å². The molecule has 26 heavy (non-hydrogen) atoms. The first-order valence-corrected chi connectivity index (χ1v) is 8.29. The van der Waals surface area contributed by atoms with Crippen LogP contribution in [0.5, 0.6) is 11.5 Å². The van der Waals surface area contributed by atoms with Crippen LogP contribution in [-0.2, 0) is 0 Å². The van der Waals surface area contributed by atoms with Crippen molar-refractivity contribution in [2.45, 2.75) is 0 Å². The summed E-state index contributed by atoms with van der Waals surface area (Å²) in [6.45, 7) is 1.02. The molecule has 0 spiro atoms. The van der Waals surface area contributed by atoms with Crippen LogP contribution in [0.2, 0.25) is 0 Å². The maximum atomic E-state index is 12.4. The van der Waals surface area contributed by atoms with Crippen molar-refractivity contribution in [2.75, 3.05) is 13.2 Å². The van der Waals surface area contributed by atoms with Gasteiger partial charge in [-0.05, 0) is 30.4 Å². The van der Waals surface area contributed by atoms with Gasteiger partial charge in [0.2, 0.25) is 0 Å². The van der Waals surface area contributed by atoms with Crippen LogP contribution in [0.4, 0.5) is 0 Å². The van der Waals surface area contributed by atoms with E-state index in [1.165, 1.54) is 6.08 Å². The van der Waals surface area contributed by atoms with Gasteiger partial charge in [0.25, 0.3) is 0 Å². The zero-order valence-corrected chi connectivity index (χ0v) is 14.0. The highest BCUT2D eigenvalue weighted by atomic mass is 16.6. The highest BCUT2D eigenvalue weighted by Crippen LogP contribution is 2.31. The monoisotopic (exact) mass is 344 g/mol. The molecule has 0 atom stereocenters. The first kappa shape index (κ1) is 16.0. The molecule has 0 saturated heterocycles. The number of hydrogen-bond donors (Lipinski definition) is 0. The van der Waals surface area contributed by atoms with Gasteiger partial charge in [-0.2, -0.15) is 0 Å². The topological polar surface area (TPSA) is 61.3 Å². The molecule has 0 aliphatic carbocycles. The molecule has 0 N–H and O–H groups in total. The number of benzene rings is 2. The summed E-state index contributed by atoms with van der Waals surface area (Å²) < 4.78 is 11.0. The number of carbonyl (C=O) groups is 1. The normalized spacial score (nSPS) is 12.9. The Kier molecular flexibility index (Phi) is 4.43. The number of aromatic nitrogens is 2. The van der Waals surface area contributed by atoms with Gasteiger partial charge in [0.1, 0.15) is 13.2 Å². The summed E-state index contributed by atoms with van der Waals surface area (Å²) in [5.41, 5.74) is 2.26. The van der Waals surface area contributed by atoms with Crippen molar-refractivity contribution in [2.24, 2.45) is 0 Å². The molecule has 1 aliphatic heterocycles. The van der Waals surface area contributed by atoms with Crippen LogP contribution >= 0.6 is 0 Å². The fraction of sp³-hybridized carbons (Fsp3) is 0.0952. The molecule has 3 aromatic rings. The van der Waals surface area contributed by atoms with E-state index in [2.05, 4.69) is 9.97 Å². The molecular formula is C21H16N2O3. The van der Waals surface area contributed by atoms with Crippen LogP contribution in [0.15, 0.2) is 67.0 Å². The van der Waals surface area contributed by atoms with E-state index in [4.69, 9.17) is 9.47 Å². The van der Waals surface area contributed by atoms with Crippen molar-refractivity contribution in [1.29, 1.82) is 0 Å². The minimum absolute atomic E-state index is 0.117. The molecule has 128 valence electrons. The molecule has 5 heteroatoms. The fourth-order valence-electron chi connectivity index (χ4n) is 2.63. The smallest absolute Gasteiger partial charge is 0.185 e. The number of carbonyl (C=O) groups excluding carboxylic acids is 1. The zero-order valence-electron chi connectivity index (χ0n) is 14.0. The lowest BCUT2D eigenvalue weighted by Crippen LogP contribution is -2.15. The molecule has 1 aromatic heterocycles. The van der Waals surface area contributed by atoms with Crippen LogP contribution in [-0.4, -0.2) is 29.0 Å². The maximum absolute atomic E-state index is 12.4. The van der Waals surface area contributed by atoms with E-state index >= 15 is 0 Å². The van der Waals surface area contributed by atoms with Gasteiger partial charge in [-0.25, -0.2) is 9.97 Å². The lowest BCUT2D eigenvalue weighted by Gasteiger charge is -2.18. The SMILES string of the molecule is O=C(C=Cc1cnc(-c2ccccc2)nc1)c1ccc2c(c1)OCCO2. The van der Waals surface area contributed by atoms with Crippen molar-refractivity contribution in [1.82, 2.24) is 9.97 Å². The number of ketones is 1. The van der Waals surface area contributed by atoms with E-state index in [-0.39, 0.29) is 5.78 Å². The lowest BCUT2D eigenvalue weighted by atomic mass is 10.1. The van der Waals surface area contributed by atoms with Crippen LogP contribution in [0.25, 0.3) is 17.5 Å². The quantitative estimate of drug-likeness (QED) is 0.532. The molecule has 0 fully saturated rings. The molecule has 2 heterocycles. The number of fused-ring (bicyclic) bond motifs is 1. The Labute approximate surface area is 151 Å². The molecule has 0 radical (unpaired) electrons. The minimum atomic E-state index is -0.117. The Bertz CT molecular complexity index is 951. The summed E-state index contributed by atoms with van der Waals surface area (Å²) in [6, 6.07) is 14.9. The van der Waals surface area contributed by atoms with Crippen LogP contribution in [0.1, 0.15) is 15.9 Å². The Morgan fingerprint density at radius 3 is 2.42 bits per heavy atom. The number of rotatable bonds is 4. The highest BCUT2D eigenvalue weighted by Gasteiger charge is 2.13. The molecule has 0 unspecified atom stereocenters. The lowest BCUT2D eigenvalue weighted by molar-refractivity contribution is 0.104. The predicted molar refractivity (Wildman–Crippen MR) is 98.3 cm³/mol. The zero-order chi connectivity index (χ0) is 17.8. The van der Waals surface area contributed by atoms with E-state index in [1.807, 2.05) is 30.3 Å². The van der Waals surface area contributed by atoms with E-state index in [0.717, 1.165) is 11.1 Å². The van der Waals surface area contributed by atoms with Crippen molar-refractivity contribution < 1.29 is 14.3 Å². The summed E-state index contributed by atoms with van der Waals surface area (Å²) in [4.78, 5) is 21.1. The van der Waals surface area contributed by atoms with Crippen LogP contribution < -0.4 is 9.47 Å². The second-order valence-corrected chi connectivity index (χ2v) is 5.76. The fourth-order valence-corrected chi connectivity index (χ4v) is 2.63. The van der Waals surface area contributed by atoms with Crippen molar-refractivity contribution in [3.63, 3.8) is 0 Å². The standard InChI is InChI=1S/C21H16N2O3/c24-18(17-7-9-19-20(12-17)26-11-10-25-19)8-6-15-13-22-21(23-14-15)16-4-2-1-3-5-16/h1-9,12-14H,10-11H2. The average Bonchev–Trinajstić information content (AvgIpc) is 2.72. The predicted octanol–water partition coefficient (Wildman–Crippen LogP) is 3.81. The first-order valence-electron chi connectivity index (χ1n) is 8.29. The highest BCUT2D eigenvalue weighted by molar-refractivity contribution is 6.07. The number of ether oxygens (including phenoxy) is 2. The number of hydrogen-bond acceptors (Lipinski definition) is 5. The summed E-state index contributed by atoms with van der Waals surface area (Å²) >= 11 is 0. The minimum Gasteiger partial charge on any atom is -0.486 e. The molecule has 4 rings (SSSR count). The van der Waals surface area contributed by atoms with Gasteiger partial charge in [-0.15, -0.1) is 0 Å². The van der Waals surface area contributed by atoms with Gasteiger partial charge in [-0.3, -0.25) is 4.79 Å².